The van der Waals surface area contributed by atoms with Crippen LogP contribution in [0.1, 0.15) is 65.2 Å². The average molecular weight is 666 g/mol. The highest BCUT2D eigenvalue weighted by atomic mass is 15.4. The molecule has 51 heavy (non-hydrogen) atoms. The van der Waals surface area contributed by atoms with Crippen LogP contribution in [0.5, 0.6) is 0 Å². The van der Waals surface area contributed by atoms with Crippen LogP contribution < -0.4 is 31.1 Å². The highest BCUT2D eigenvalue weighted by Crippen LogP contribution is 2.51. The maximum absolute atomic E-state index is 2.59. The van der Waals surface area contributed by atoms with Crippen molar-refractivity contribution in [1.82, 2.24) is 0 Å². The van der Waals surface area contributed by atoms with Gasteiger partial charge in [0, 0.05) is 28.4 Å². The van der Waals surface area contributed by atoms with Crippen molar-refractivity contribution in [2.24, 2.45) is 0 Å². The van der Waals surface area contributed by atoms with Crippen molar-refractivity contribution in [2.75, 3.05) is 14.7 Å². The van der Waals surface area contributed by atoms with Crippen LogP contribution in [0.15, 0.2) is 140 Å². The van der Waals surface area contributed by atoms with Crippen molar-refractivity contribution >= 4 is 62.9 Å². The van der Waals surface area contributed by atoms with Crippen molar-refractivity contribution in [3.63, 3.8) is 0 Å². The van der Waals surface area contributed by atoms with Crippen molar-refractivity contribution in [2.45, 2.75) is 72.4 Å². The first-order valence-electron chi connectivity index (χ1n) is 18.4. The zero-order chi connectivity index (χ0) is 35.7. The number of hydrogen-bond acceptors (Lipinski definition) is 3. The quantitative estimate of drug-likeness (QED) is 0.173. The monoisotopic (exact) mass is 665 g/mol. The molecule has 0 bridgehead atoms. The number of aryl methyl sites for hydroxylation is 1. The molecule has 2 aliphatic heterocycles. The van der Waals surface area contributed by atoms with Gasteiger partial charge < -0.3 is 14.7 Å². The van der Waals surface area contributed by atoms with E-state index in [4.69, 9.17) is 0 Å². The van der Waals surface area contributed by atoms with Crippen LogP contribution >= 0.6 is 0 Å². The summed E-state index contributed by atoms with van der Waals surface area (Å²) in [6.45, 7) is 18.5. The van der Waals surface area contributed by atoms with E-state index in [-0.39, 0.29) is 23.7 Å². The summed E-state index contributed by atoms with van der Waals surface area (Å²) in [7, 11) is 0. The van der Waals surface area contributed by atoms with Gasteiger partial charge in [-0.1, -0.05) is 138 Å². The van der Waals surface area contributed by atoms with E-state index in [1.807, 2.05) is 0 Å². The third-order valence-corrected chi connectivity index (χ3v) is 10.9. The van der Waals surface area contributed by atoms with Crippen LogP contribution in [0.3, 0.4) is 0 Å². The van der Waals surface area contributed by atoms with Gasteiger partial charge in [-0.05, 0) is 101 Å². The first kappa shape index (κ1) is 33.0. The second kappa shape index (κ2) is 12.2. The third-order valence-electron chi connectivity index (χ3n) is 10.9. The van der Waals surface area contributed by atoms with E-state index < -0.39 is 0 Å². The van der Waals surface area contributed by atoms with Crippen molar-refractivity contribution in [1.29, 1.82) is 0 Å². The first-order valence-corrected chi connectivity index (χ1v) is 18.4. The zero-order valence-electron chi connectivity index (χ0n) is 31.3. The third kappa shape index (κ3) is 5.62. The molecule has 3 nitrogen and oxygen atoms in total. The predicted octanol–water partition coefficient (Wildman–Crippen LogP) is 10.5. The summed E-state index contributed by atoms with van der Waals surface area (Å²) < 4.78 is 0. The molecule has 8 rings (SSSR count). The number of hydrogen-bond donors (Lipinski definition) is 0. The first-order chi connectivity index (χ1) is 24.4. The highest BCUT2D eigenvalue weighted by Gasteiger charge is 2.42. The molecule has 0 aromatic heterocycles. The lowest BCUT2D eigenvalue weighted by Crippen LogP contribution is -2.57. The van der Waals surface area contributed by atoms with E-state index in [0.717, 1.165) is 5.69 Å². The van der Waals surface area contributed by atoms with Crippen LogP contribution in [-0.4, -0.2) is 12.9 Å². The Bertz CT molecular complexity index is 2230. The van der Waals surface area contributed by atoms with Crippen molar-refractivity contribution < 1.29 is 0 Å². The molecule has 0 saturated heterocycles. The number of nitrogens with zero attached hydrogens (tertiary/aromatic N) is 3. The summed E-state index contributed by atoms with van der Waals surface area (Å²) in [5, 5.41) is 0. The SMILES string of the molecule is Cc1ccc(C(C)(C)C)cc1N1c2cc3c(cc2N(c2cccc(C(C)(C)C)c2)[C@@H]1C)B(c1ccccc1)c1ccccc1N3c1ccccc1. The summed E-state index contributed by atoms with van der Waals surface area (Å²) in [5.74, 6) is 0. The van der Waals surface area contributed by atoms with Gasteiger partial charge in [-0.25, -0.2) is 0 Å². The molecule has 1 atom stereocenters. The van der Waals surface area contributed by atoms with Gasteiger partial charge in [-0.3, -0.25) is 0 Å². The molecule has 0 N–H and O–H groups in total. The summed E-state index contributed by atoms with van der Waals surface area (Å²) in [5.41, 5.74) is 16.5. The Balaban J connectivity index is 1.44. The van der Waals surface area contributed by atoms with Crippen molar-refractivity contribution in [3.05, 3.63) is 156 Å². The minimum Gasteiger partial charge on any atom is -0.319 e. The number of para-hydroxylation sites is 2. The van der Waals surface area contributed by atoms with Gasteiger partial charge in [0.2, 0.25) is 6.71 Å². The van der Waals surface area contributed by atoms with Crippen LogP contribution in [0.4, 0.5) is 39.8 Å². The van der Waals surface area contributed by atoms with Crippen molar-refractivity contribution in [3.8, 4) is 0 Å². The molecule has 0 unspecified atom stereocenters. The molecule has 0 fully saturated rings. The van der Waals surface area contributed by atoms with Gasteiger partial charge in [0.25, 0.3) is 0 Å². The maximum Gasteiger partial charge on any atom is 0.246 e. The smallest absolute Gasteiger partial charge is 0.246 e. The molecule has 6 aromatic carbocycles. The summed E-state index contributed by atoms with van der Waals surface area (Å²) in [6, 6.07) is 52.1. The Hall–Kier alpha value is -5.22. The van der Waals surface area contributed by atoms with Crippen LogP contribution in [0.2, 0.25) is 0 Å². The van der Waals surface area contributed by atoms with E-state index in [0.29, 0.717) is 0 Å². The van der Waals surface area contributed by atoms with Gasteiger partial charge in [0.15, 0.2) is 0 Å². The number of fused-ring (bicyclic) bond motifs is 3. The largest absolute Gasteiger partial charge is 0.319 e. The summed E-state index contributed by atoms with van der Waals surface area (Å²) in [6.07, 6.45) is 0.0377. The average Bonchev–Trinajstić information content (AvgIpc) is 3.40. The van der Waals surface area contributed by atoms with Gasteiger partial charge in [0.05, 0.1) is 11.4 Å². The topological polar surface area (TPSA) is 9.72 Å². The lowest BCUT2D eigenvalue weighted by Gasteiger charge is -2.38. The number of anilines is 7. The zero-order valence-corrected chi connectivity index (χ0v) is 31.3. The Morgan fingerprint density at radius 2 is 1.08 bits per heavy atom. The van der Waals surface area contributed by atoms with E-state index in [1.54, 1.807) is 0 Å². The van der Waals surface area contributed by atoms with Crippen LogP contribution in [0, 0.1) is 6.92 Å². The lowest BCUT2D eigenvalue weighted by atomic mass is 9.35. The van der Waals surface area contributed by atoms with Gasteiger partial charge in [-0.15, -0.1) is 0 Å². The fourth-order valence-electron chi connectivity index (χ4n) is 8.15. The Morgan fingerprint density at radius 3 is 1.78 bits per heavy atom. The minimum atomic E-state index is 0.0293. The molecule has 0 aliphatic carbocycles. The van der Waals surface area contributed by atoms with E-state index in [1.165, 1.54) is 67.2 Å². The molecular formula is C47H48BN3. The summed E-state index contributed by atoms with van der Waals surface area (Å²) in [4.78, 5) is 7.64. The van der Waals surface area contributed by atoms with Gasteiger partial charge in [0.1, 0.15) is 6.17 Å². The second-order valence-electron chi connectivity index (χ2n) is 16.4. The van der Waals surface area contributed by atoms with E-state index in [2.05, 4.69) is 210 Å². The molecule has 6 aromatic rings. The molecule has 2 aliphatic rings. The second-order valence-corrected chi connectivity index (χ2v) is 16.4. The minimum absolute atomic E-state index is 0.0293. The Labute approximate surface area is 305 Å². The number of rotatable bonds is 4. The molecule has 0 radical (unpaired) electrons. The molecule has 2 heterocycles. The van der Waals surface area contributed by atoms with Crippen LogP contribution in [-0.2, 0) is 10.8 Å². The van der Waals surface area contributed by atoms with Crippen LogP contribution in [0.25, 0.3) is 0 Å². The Morgan fingerprint density at radius 1 is 0.471 bits per heavy atom. The van der Waals surface area contributed by atoms with E-state index >= 15 is 0 Å². The fourth-order valence-corrected chi connectivity index (χ4v) is 8.15. The molecule has 4 heteroatoms. The molecular weight excluding hydrogens is 617 g/mol. The highest BCUT2D eigenvalue weighted by molar-refractivity contribution is 6.98. The van der Waals surface area contributed by atoms with Gasteiger partial charge >= 0.3 is 0 Å². The molecule has 0 amide bonds. The predicted molar refractivity (Wildman–Crippen MR) is 221 cm³/mol. The fraction of sp³-hybridized carbons (Fsp3) is 0.234. The molecule has 0 saturated carbocycles. The number of benzene rings is 6. The van der Waals surface area contributed by atoms with E-state index in [9.17, 15) is 0 Å². The normalized spacial score (nSPS) is 15.5. The molecule has 254 valence electrons. The standard InChI is InChI=1S/C47H48BN3/c1-32-26-27-35(47(6,7)8)29-42(32)50-33(2)49(38-23-17-18-34(28-38)46(3,4)5)44-30-40-43(31-45(44)50)51(37-21-13-10-14-22-37)41-25-16-15-24-39(41)48(40)36-19-11-9-12-20-36/h9-31,33H,1-8H3/t33-/m0/s1. The molecule has 0 spiro atoms. The Kier molecular flexibility index (Phi) is 7.90. The lowest BCUT2D eigenvalue weighted by molar-refractivity contribution is 0.589. The van der Waals surface area contributed by atoms with Gasteiger partial charge in [-0.2, -0.15) is 0 Å². The summed E-state index contributed by atoms with van der Waals surface area (Å²) >= 11 is 0. The maximum atomic E-state index is 2.59.